The van der Waals surface area contributed by atoms with Gasteiger partial charge in [-0.2, -0.15) is 0 Å². The van der Waals surface area contributed by atoms with Gasteiger partial charge in [0.25, 0.3) is 0 Å². The van der Waals surface area contributed by atoms with Crippen LogP contribution < -0.4 is 11.1 Å². The van der Waals surface area contributed by atoms with E-state index in [0.717, 1.165) is 18.2 Å². The Morgan fingerprint density at radius 2 is 2.16 bits per heavy atom. The van der Waals surface area contributed by atoms with Gasteiger partial charge in [0.1, 0.15) is 5.69 Å². The van der Waals surface area contributed by atoms with Crippen LogP contribution >= 0.6 is 12.4 Å². The number of hydrogen-bond donors (Lipinski definition) is 2. The Balaban J connectivity index is 0.00000225. The zero-order valence-electron chi connectivity index (χ0n) is 13.9. The van der Waals surface area contributed by atoms with E-state index in [2.05, 4.69) is 10.5 Å². The van der Waals surface area contributed by atoms with Crippen molar-refractivity contribution in [1.82, 2.24) is 15.4 Å². The van der Waals surface area contributed by atoms with Gasteiger partial charge in [0.2, 0.25) is 11.8 Å². The van der Waals surface area contributed by atoms with Crippen LogP contribution in [0.4, 0.5) is 0 Å². The normalized spacial score (nSPS) is 17.2. The minimum atomic E-state index is -0.164. The summed E-state index contributed by atoms with van der Waals surface area (Å²) in [5.41, 5.74) is 6.73. The van der Waals surface area contributed by atoms with E-state index in [-0.39, 0.29) is 36.6 Å². The first-order chi connectivity index (χ1) is 11.7. The fourth-order valence-corrected chi connectivity index (χ4v) is 3.08. The van der Waals surface area contributed by atoms with Gasteiger partial charge < -0.3 is 20.5 Å². The molecule has 1 aliphatic rings. The topological polar surface area (TPSA) is 101 Å². The SMILES string of the molecule is Cl.NCCNC(=O)C1CCCN(C(=O)Cc2noc3ccccc23)C1. The van der Waals surface area contributed by atoms with Gasteiger partial charge >= 0.3 is 0 Å². The summed E-state index contributed by atoms with van der Waals surface area (Å²) in [6.45, 7) is 2.01. The number of hydrogen-bond acceptors (Lipinski definition) is 5. The highest BCUT2D eigenvalue weighted by Gasteiger charge is 2.28. The fraction of sp³-hybridized carbons (Fsp3) is 0.471. The predicted octanol–water partition coefficient (Wildman–Crippen LogP) is 1.11. The van der Waals surface area contributed by atoms with Crippen LogP contribution in [0, 0.1) is 5.92 Å². The summed E-state index contributed by atoms with van der Waals surface area (Å²) in [4.78, 5) is 26.4. The van der Waals surface area contributed by atoms with Gasteiger partial charge in [0.15, 0.2) is 5.58 Å². The molecule has 1 unspecified atom stereocenters. The number of rotatable bonds is 5. The zero-order valence-corrected chi connectivity index (χ0v) is 14.8. The molecule has 25 heavy (non-hydrogen) atoms. The van der Waals surface area contributed by atoms with Crippen LogP contribution in [-0.4, -0.2) is 48.0 Å². The quantitative estimate of drug-likeness (QED) is 0.825. The molecule has 1 saturated heterocycles. The Labute approximate surface area is 152 Å². The van der Waals surface area contributed by atoms with Crippen LogP contribution in [0.15, 0.2) is 28.8 Å². The lowest BCUT2D eigenvalue weighted by molar-refractivity contribution is -0.135. The lowest BCUT2D eigenvalue weighted by atomic mass is 9.96. The third-order valence-corrected chi connectivity index (χ3v) is 4.36. The fourth-order valence-electron chi connectivity index (χ4n) is 3.08. The minimum Gasteiger partial charge on any atom is -0.356 e. The molecule has 0 spiro atoms. The van der Waals surface area contributed by atoms with Crippen molar-refractivity contribution < 1.29 is 14.1 Å². The summed E-state index contributed by atoms with van der Waals surface area (Å²) in [6.07, 6.45) is 1.81. The molecule has 0 saturated carbocycles. The molecule has 1 atom stereocenters. The smallest absolute Gasteiger partial charge is 0.228 e. The molecule has 2 amide bonds. The monoisotopic (exact) mass is 366 g/mol. The van der Waals surface area contributed by atoms with Gasteiger partial charge in [-0.25, -0.2) is 0 Å². The maximum Gasteiger partial charge on any atom is 0.228 e. The number of halogens is 1. The Morgan fingerprint density at radius 1 is 1.36 bits per heavy atom. The highest BCUT2D eigenvalue weighted by Crippen LogP contribution is 2.21. The molecule has 0 bridgehead atoms. The van der Waals surface area contributed by atoms with Gasteiger partial charge in [-0.05, 0) is 25.0 Å². The summed E-state index contributed by atoms with van der Waals surface area (Å²) >= 11 is 0. The van der Waals surface area contributed by atoms with E-state index in [1.54, 1.807) is 4.90 Å². The number of fused-ring (bicyclic) bond motifs is 1. The molecule has 2 aromatic rings. The third-order valence-electron chi connectivity index (χ3n) is 4.36. The van der Waals surface area contributed by atoms with Crippen molar-refractivity contribution in [3.8, 4) is 0 Å². The summed E-state index contributed by atoms with van der Waals surface area (Å²) < 4.78 is 5.24. The van der Waals surface area contributed by atoms with E-state index in [1.807, 2.05) is 24.3 Å². The number of amides is 2. The Kier molecular flexibility index (Phi) is 6.78. The number of nitrogens with one attached hydrogen (secondary N) is 1. The number of likely N-dealkylation sites (tertiary alicyclic amines) is 1. The second-order valence-corrected chi connectivity index (χ2v) is 6.06. The van der Waals surface area contributed by atoms with E-state index in [4.69, 9.17) is 10.3 Å². The van der Waals surface area contributed by atoms with Gasteiger partial charge in [-0.3, -0.25) is 9.59 Å². The van der Waals surface area contributed by atoms with E-state index in [9.17, 15) is 9.59 Å². The van der Waals surface area contributed by atoms with E-state index in [1.165, 1.54) is 0 Å². The number of benzene rings is 1. The van der Waals surface area contributed by atoms with Gasteiger partial charge in [-0.1, -0.05) is 17.3 Å². The van der Waals surface area contributed by atoms with Crippen molar-refractivity contribution in [2.75, 3.05) is 26.2 Å². The average molecular weight is 367 g/mol. The van der Waals surface area contributed by atoms with Gasteiger partial charge in [0.05, 0.1) is 12.3 Å². The number of carbonyl (C=O) groups excluding carboxylic acids is 2. The third kappa shape index (κ3) is 4.49. The number of para-hydroxylation sites is 1. The number of aromatic nitrogens is 1. The zero-order chi connectivity index (χ0) is 16.9. The summed E-state index contributed by atoms with van der Waals surface area (Å²) in [6, 6.07) is 7.49. The average Bonchev–Trinajstić information content (AvgIpc) is 3.03. The van der Waals surface area contributed by atoms with Gasteiger partial charge in [0, 0.05) is 31.6 Å². The molecule has 1 aromatic heterocycles. The minimum absolute atomic E-state index is 0. The molecule has 3 N–H and O–H groups in total. The van der Waals surface area contributed by atoms with E-state index in [0.29, 0.717) is 37.5 Å². The standard InChI is InChI=1S/C17H22N4O3.ClH/c18-7-8-19-17(23)12-4-3-9-21(11-12)16(22)10-14-13-5-1-2-6-15(13)24-20-14;/h1-2,5-6,12H,3-4,7-11,18H2,(H,19,23);1H. The second-order valence-electron chi connectivity index (χ2n) is 6.06. The second kappa shape index (κ2) is 8.82. The highest BCUT2D eigenvalue weighted by atomic mass is 35.5. The van der Waals surface area contributed by atoms with Crippen LogP contribution in [-0.2, 0) is 16.0 Å². The van der Waals surface area contributed by atoms with Crippen LogP contribution in [0.3, 0.4) is 0 Å². The number of piperidine rings is 1. The first-order valence-corrected chi connectivity index (χ1v) is 8.28. The van der Waals surface area contributed by atoms with Crippen molar-refractivity contribution in [2.45, 2.75) is 19.3 Å². The van der Waals surface area contributed by atoms with Crippen molar-refractivity contribution in [3.05, 3.63) is 30.0 Å². The van der Waals surface area contributed by atoms with Crippen LogP contribution in [0.2, 0.25) is 0 Å². The van der Waals surface area contributed by atoms with Crippen LogP contribution in [0.1, 0.15) is 18.5 Å². The molecular weight excluding hydrogens is 344 g/mol. The van der Waals surface area contributed by atoms with Crippen molar-refractivity contribution in [2.24, 2.45) is 11.7 Å². The molecule has 2 heterocycles. The lowest BCUT2D eigenvalue weighted by Crippen LogP contribution is -2.46. The number of nitrogens with two attached hydrogens (primary N) is 1. The number of nitrogens with zero attached hydrogens (tertiary/aromatic N) is 2. The largest absolute Gasteiger partial charge is 0.356 e. The van der Waals surface area contributed by atoms with E-state index >= 15 is 0 Å². The molecule has 0 aliphatic carbocycles. The van der Waals surface area contributed by atoms with Crippen molar-refractivity contribution in [3.63, 3.8) is 0 Å². The molecule has 1 fully saturated rings. The van der Waals surface area contributed by atoms with Crippen molar-refractivity contribution in [1.29, 1.82) is 0 Å². The molecule has 1 aromatic carbocycles. The molecule has 8 heteroatoms. The first-order valence-electron chi connectivity index (χ1n) is 8.28. The summed E-state index contributed by atoms with van der Waals surface area (Å²) in [5, 5.41) is 7.67. The molecular formula is C17H23ClN4O3. The van der Waals surface area contributed by atoms with Crippen LogP contribution in [0.25, 0.3) is 11.0 Å². The predicted molar refractivity (Wildman–Crippen MR) is 96.3 cm³/mol. The van der Waals surface area contributed by atoms with Gasteiger partial charge in [-0.15, -0.1) is 12.4 Å². The maximum atomic E-state index is 12.6. The first kappa shape index (κ1) is 19.2. The number of carbonyl (C=O) groups is 2. The lowest BCUT2D eigenvalue weighted by Gasteiger charge is -2.32. The highest BCUT2D eigenvalue weighted by molar-refractivity contribution is 5.87. The molecule has 0 radical (unpaired) electrons. The molecule has 1 aliphatic heterocycles. The molecule has 136 valence electrons. The Bertz CT molecular complexity index is 734. The molecule has 3 rings (SSSR count). The van der Waals surface area contributed by atoms with E-state index < -0.39 is 0 Å². The maximum absolute atomic E-state index is 12.6. The Morgan fingerprint density at radius 3 is 2.96 bits per heavy atom. The Hall–Kier alpha value is -2.12. The summed E-state index contributed by atoms with van der Waals surface area (Å²) in [5.74, 6) is -0.210. The molecule has 7 nitrogen and oxygen atoms in total. The summed E-state index contributed by atoms with van der Waals surface area (Å²) in [7, 11) is 0. The van der Waals surface area contributed by atoms with Crippen molar-refractivity contribution >= 4 is 35.2 Å². The van der Waals surface area contributed by atoms with Crippen LogP contribution in [0.5, 0.6) is 0 Å².